The van der Waals surface area contributed by atoms with E-state index in [1.54, 1.807) is 0 Å². The molecule has 1 aromatic carbocycles. The summed E-state index contributed by atoms with van der Waals surface area (Å²) in [7, 11) is 0. The largest absolute Gasteiger partial charge is 0.273 e. The van der Waals surface area contributed by atoms with Crippen LogP contribution in [0.5, 0.6) is 0 Å². The average Bonchev–Trinajstić information content (AvgIpc) is 2.51. The summed E-state index contributed by atoms with van der Waals surface area (Å²) in [6, 6.07) is 10.0. The van der Waals surface area contributed by atoms with Gasteiger partial charge in [0.1, 0.15) is 0 Å². The van der Waals surface area contributed by atoms with Crippen molar-refractivity contribution in [1.29, 1.82) is 0 Å². The van der Waals surface area contributed by atoms with E-state index in [0.29, 0.717) is 6.42 Å². The minimum atomic E-state index is 0.0993. The van der Waals surface area contributed by atoms with Crippen molar-refractivity contribution in [3.05, 3.63) is 35.9 Å². The topological polar surface area (TPSA) is 41.5 Å². The van der Waals surface area contributed by atoms with Gasteiger partial charge in [0.05, 0.1) is 5.71 Å². The Balaban J connectivity index is 1.39. The highest BCUT2D eigenvalue weighted by molar-refractivity contribution is 5.99. The first kappa shape index (κ1) is 14.9. The van der Waals surface area contributed by atoms with E-state index in [0.717, 1.165) is 29.0 Å². The zero-order valence-electron chi connectivity index (χ0n) is 13.9. The number of rotatable bonds is 4. The van der Waals surface area contributed by atoms with Crippen molar-refractivity contribution in [2.75, 3.05) is 0 Å². The van der Waals surface area contributed by atoms with Gasteiger partial charge in [-0.1, -0.05) is 30.3 Å². The minimum absolute atomic E-state index is 0.0993. The van der Waals surface area contributed by atoms with Crippen LogP contribution in [-0.2, 0) is 4.79 Å². The van der Waals surface area contributed by atoms with E-state index in [1.165, 1.54) is 38.5 Å². The lowest BCUT2D eigenvalue weighted by molar-refractivity contribution is -0.129. The Morgan fingerprint density at radius 1 is 1.09 bits per heavy atom. The molecule has 4 aliphatic rings. The van der Waals surface area contributed by atoms with Crippen molar-refractivity contribution < 1.29 is 4.79 Å². The molecule has 0 aliphatic heterocycles. The van der Waals surface area contributed by atoms with Gasteiger partial charge >= 0.3 is 0 Å². The summed E-state index contributed by atoms with van der Waals surface area (Å²) < 4.78 is 0. The van der Waals surface area contributed by atoms with E-state index in [2.05, 4.69) is 10.5 Å². The van der Waals surface area contributed by atoms with Crippen LogP contribution in [0.1, 0.15) is 57.4 Å². The van der Waals surface area contributed by atoms with Gasteiger partial charge in [-0.3, -0.25) is 4.79 Å². The Hall–Kier alpha value is -1.64. The number of carbonyl (C=O) groups is 1. The fourth-order valence-corrected chi connectivity index (χ4v) is 5.78. The molecule has 23 heavy (non-hydrogen) atoms. The molecule has 1 N–H and O–H groups in total. The van der Waals surface area contributed by atoms with Gasteiger partial charge < -0.3 is 0 Å². The smallest absolute Gasteiger partial charge is 0.240 e. The Kier molecular flexibility index (Phi) is 3.74. The summed E-state index contributed by atoms with van der Waals surface area (Å²) in [4.78, 5) is 12.4. The van der Waals surface area contributed by atoms with Crippen molar-refractivity contribution in [3.8, 4) is 0 Å². The number of nitrogens with one attached hydrogen (secondary N) is 1. The normalized spacial score (nSPS) is 35.3. The van der Waals surface area contributed by atoms with Crippen LogP contribution in [-0.4, -0.2) is 11.6 Å². The van der Waals surface area contributed by atoms with E-state index < -0.39 is 0 Å². The summed E-state index contributed by atoms with van der Waals surface area (Å²) >= 11 is 0. The molecule has 4 saturated carbocycles. The van der Waals surface area contributed by atoms with Gasteiger partial charge in [0.15, 0.2) is 0 Å². The second kappa shape index (κ2) is 5.77. The van der Waals surface area contributed by atoms with E-state index in [9.17, 15) is 4.79 Å². The van der Waals surface area contributed by atoms with E-state index in [-0.39, 0.29) is 11.3 Å². The summed E-state index contributed by atoms with van der Waals surface area (Å²) in [5, 5.41) is 4.31. The maximum absolute atomic E-state index is 12.4. The third-order valence-electron chi connectivity index (χ3n) is 6.24. The maximum Gasteiger partial charge on any atom is 0.240 e. The molecule has 1 aromatic rings. The predicted molar refractivity (Wildman–Crippen MR) is 92.0 cm³/mol. The molecule has 122 valence electrons. The van der Waals surface area contributed by atoms with Crippen molar-refractivity contribution in [3.63, 3.8) is 0 Å². The number of carbonyl (C=O) groups excluding carboxylic acids is 1. The van der Waals surface area contributed by atoms with Gasteiger partial charge in [-0.05, 0) is 74.2 Å². The van der Waals surface area contributed by atoms with Gasteiger partial charge in [0.2, 0.25) is 5.91 Å². The molecule has 0 heterocycles. The molecule has 4 aliphatic carbocycles. The second-order valence-corrected chi connectivity index (χ2v) is 8.19. The first-order valence-electron chi connectivity index (χ1n) is 9.00. The summed E-state index contributed by atoms with van der Waals surface area (Å²) in [6.45, 7) is 1.94. The quantitative estimate of drug-likeness (QED) is 0.659. The van der Waals surface area contributed by atoms with Gasteiger partial charge in [-0.2, -0.15) is 5.10 Å². The summed E-state index contributed by atoms with van der Waals surface area (Å²) in [5.41, 5.74) is 5.01. The fourth-order valence-electron chi connectivity index (χ4n) is 5.78. The van der Waals surface area contributed by atoms with E-state index in [4.69, 9.17) is 0 Å². The van der Waals surface area contributed by atoms with Crippen molar-refractivity contribution >= 4 is 11.6 Å². The molecular weight excluding hydrogens is 284 g/mol. The number of hydrogen-bond acceptors (Lipinski definition) is 2. The summed E-state index contributed by atoms with van der Waals surface area (Å²) in [6.07, 6.45) is 8.75. The number of nitrogens with zero attached hydrogens (tertiary/aromatic N) is 1. The van der Waals surface area contributed by atoms with Gasteiger partial charge in [0.25, 0.3) is 0 Å². The molecule has 3 nitrogen and oxygen atoms in total. The molecule has 0 saturated heterocycles. The van der Waals surface area contributed by atoms with E-state index >= 15 is 0 Å². The van der Waals surface area contributed by atoms with Gasteiger partial charge in [0, 0.05) is 6.42 Å². The first-order valence-corrected chi connectivity index (χ1v) is 9.00. The van der Waals surface area contributed by atoms with Crippen LogP contribution in [0.25, 0.3) is 0 Å². The second-order valence-electron chi connectivity index (χ2n) is 8.19. The molecule has 3 heteroatoms. The third kappa shape index (κ3) is 3.06. The molecule has 5 rings (SSSR count). The number of benzene rings is 1. The number of hydrazone groups is 1. The van der Waals surface area contributed by atoms with Crippen LogP contribution in [0, 0.1) is 23.2 Å². The van der Waals surface area contributed by atoms with Crippen molar-refractivity contribution in [2.24, 2.45) is 28.3 Å². The Morgan fingerprint density at radius 3 is 2.22 bits per heavy atom. The van der Waals surface area contributed by atoms with Crippen LogP contribution < -0.4 is 5.43 Å². The zero-order valence-corrected chi connectivity index (χ0v) is 13.9. The highest BCUT2D eigenvalue weighted by Gasteiger charge is 2.51. The van der Waals surface area contributed by atoms with Crippen molar-refractivity contribution in [2.45, 2.75) is 51.9 Å². The molecule has 0 unspecified atom stereocenters. The molecule has 0 radical (unpaired) electrons. The lowest BCUT2D eigenvalue weighted by atomic mass is 9.49. The van der Waals surface area contributed by atoms with Crippen LogP contribution in [0.15, 0.2) is 35.4 Å². The van der Waals surface area contributed by atoms with Gasteiger partial charge in [-0.25, -0.2) is 5.43 Å². The number of hydrogen-bond donors (Lipinski definition) is 1. The Labute approximate surface area is 138 Å². The van der Waals surface area contributed by atoms with E-state index in [1.807, 2.05) is 37.3 Å². The monoisotopic (exact) mass is 310 g/mol. The molecule has 0 atom stereocenters. The van der Waals surface area contributed by atoms with Crippen LogP contribution in [0.2, 0.25) is 0 Å². The molecule has 0 spiro atoms. The lowest BCUT2D eigenvalue weighted by Gasteiger charge is -2.56. The Bertz CT molecular complexity index is 585. The molecule has 0 aromatic heterocycles. The Morgan fingerprint density at radius 2 is 1.65 bits per heavy atom. The molecule has 4 fully saturated rings. The minimum Gasteiger partial charge on any atom is -0.273 e. The highest BCUT2D eigenvalue weighted by atomic mass is 16.2. The highest BCUT2D eigenvalue weighted by Crippen LogP contribution is 2.61. The standard InChI is InChI=1S/C20H26N2O/c1-14(18-5-3-2-4-6-18)21-22-19(23)13-20-10-15-7-16(11-20)9-17(8-15)12-20/h2-6,15-17H,7-13H2,1H3,(H,22,23)/b21-14-. The third-order valence-corrected chi connectivity index (χ3v) is 6.24. The molecule has 4 bridgehead atoms. The maximum atomic E-state index is 12.4. The van der Waals surface area contributed by atoms with Crippen molar-refractivity contribution in [1.82, 2.24) is 5.43 Å². The number of amides is 1. The first-order chi connectivity index (χ1) is 11.1. The molecular formula is C20H26N2O. The van der Waals surface area contributed by atoms with Gasteiger partial charge in [-0.15, -0.1) is 0 Å². The van der Waals surface area contributed by atoms with Crippen LogP contribution in [0.3, 0.4) is 0 Å². The molecule has 1 amide bonds. The SMILES string of the molecule is C/C(=N/NC(=O)CC12CC3CC(CC(C3)C1)C2)c1ccccc1. The van der Waals surface area contributed by atoms with Crippen LogP contribution in [0.4, 0.5) is 0 Å². The predicted octanol–water partition coefficient (Wildman–Crippen LogP) is 4.13. The zero-order chi connectivity index (χ0) is 15.9. The lowest BCUT2D eigenvalue weighted by Crippen LogP contribution is -2.47. The van der Waals surface area contributed by atoms with Crippen LogP contribution >= 0.6 is 0 Å². The average molecular weight is 310 g/mol. The summed E-state index contributed by atoms with van der Waals surface area (Å²) in [5.74, 6) is 2.78. The fraction of sp³-hybridized carbons (Fsp3) is 0.600.